The molecule has 2 nitrogen and oxygen atoms in total. The first-order valence-electron chi connectivity index (χ1n) is 6.90. The van der Waals surface area contributed by atoms with Gasteiger partial charge in [-0.05, 0) is 44.1 Å². The number of hydrogen-bond donors (Lipinski definition) is 0. The molecule has 0 aromatic carbocycles. The molecule has 2 fully saturated rings. The molecule has 0 bridgehead atoms. The van der Waals surface area contributed by atoms with Gasteiger partial charge in [-0.2, -0.15) is 0 Å². The van der Waals surface area contributed by atoms with E-state index in [9.17, 15) is 4.79 Å². The summed E-state index contributed by atoms with van der Waals surface area (Å²) in [5.74, 6) is 2.44. The van der Waals surface area contributed by atoms with Crippen molar-refractivity contribution in [2.24, 2.45) is 17.8 Å². The van der Waals surface area contributed by atoms with Crippen LogP contribution in [0.4, 0.5) is 0 Å². The smallest absolute Gasteiger partial charge is 0.137 e. The van der Waals surface area contributed by atoms with E-state index in [1.165, 1.54) is 25.9 Å². The van der Waals surface area contributed by atoms with Crippen molar-refractivity contribution in [2.45, 2.75) is 46.0 Å². The van der Waals surface area contributed by atoms with E-state index in [4.69, 9.17) is 0 Å². The highest BCUT2D eigenvalue weighted by atomic mass is 16.1. The van der Waals surface area contributed by atoms with Crippen LogP contribution in [-0.2, 0) is 4.79 Å². The molecule has 1 aliphatic carbocycles. The van der Waals surface area contributed by atoms with E-state index in [-0.39, 0.29) is 0 Å². The number of Topliss-reactive ketones (excluding diaryl/α,β-unsaturated/α-hetero) is 1. The SMILES string of the molecule is CC1CCC(=O)C(CN2CCCC(C)C2)C1. The topological polar surface area (TPSA) is 20.3 Å². The molecule has 1 saturated heterocycles. The minimum absolute atomic E-state index is 0.342. The summed E-state index contributed by atoms with van der Waals surface area (Å²) in [6.07, 6.45) is 5.76. The number of piperidine rings is 1. The molecule has 0 radical (unpaired) electrons. The molecule has 16 heavy (non-hydrogen) atoms. The summed E-state index contributed by atoms with van der Waals surface area (Å²) >= 11 is 0. The van der Waals surface area contributed by atoms with E-state index in [1.807, 2.05) is 0 Å². The maximum atomic E-state index is 11.9. The van der Waals surface area contributed by atoms with E-state index in [1.54, 1.807) is 0 Å². The highest BCUT2D eigenvalue weighted by Gasteiger charge is 2.29. The van der Waals surface area contributed by atoms with Gasteiger partial charge in [0.25, 0.3) is 0 Å². The Morgan fingerprint density at radius 1 is 1.25 bits per heavy atom. The molecule has 2 heteroatoms. The molecule has 0 amide bonds. The van der Waals surface area contributed by atoms with Crippen LogP contribution in [0, 0.1) is 17.8 Å². The van der Waals surface area contributed by atoms with Gasteiger partial charge in [0.1, 0.15) is 5.78 Å². The summed E-state index contributed by atoms with van der Waals surface area (Å²) in [5.41, 5.74) is 0. The fraction of sp³-hybridized carbons (Fsp3) is 0.929. The van der Waals surface area contributed by atoms with Crippen molar-refractivity contribution >= 4 is 5.78 Å². The molecule has 0 aromatic heterocycles. The third kappa shape index (κ3) is 3.07. The Morgan fingerprint density at radius 3 is 2.81 bits per heavy atom. The second-order valence-electron chi connectivity index (χ2n) is 6.05. The lowest BCUT2D eigenvalue weighted by molar-refractivity contribution is -0.126. The molecule has 2 rings (SSSR count). The van der Waals surface area contributed by atoms with Crippen molar-refractivity contribution in [2.75, 3.05) is 19.6 Å². The molecular weight excluding hydrogens is 198 g/mol. The standard InChI is InChI=1S/C14H25NO/c1-11-5-6-14(16)13(8-11)10-15-7-3-4-12(2)9-15/h11-13H,3-10H2,1-2H3. The van der Waals surface area contributed by atoms with Crippen LogP contribution in [0.25, 0.3) is 0 Å². The number of ketones is 1. The highest BCUT2D eigenvalue weighted by molar-refractivity contribution is 5.81. The van der Waals surface area contributed by atoms with Gasteiger partial charge in [0, 0.05) is 25.4 Å². The van der Waals surface area contributed by atoms with Crippen LogP contribution in [0.5, 0.6) is 0 Å². The maximum absolute atomic E-state index is 11.9. The van der Waals surface area contributed by atoms with Gasteiger partial charge in [-0.25, -0.2) is 0 Å². The lowest BCUT2D eigenvalue weighted by Gasteiger charge is -2.35. The van der Waals surface area contributed by atoms with Gasteiger partial charge in [0.05, 0.1) is 0 Å². The van der Waals surface area contributed by atoms with Crippen LogP contribution in [0.1, 0.15) is 46.0 Å². The minimum atomic E-state index is 0.342. The van der Waals surface area contributed by atoms with E-state index in [0.29, 0.717) is 11.7 Å². The minimum Gasteiger partial charge on any atom is -0.302 e. The number of nitrogens with zero attached hydrogens (tertiary/aromatic N) is 1. The maximum Gasteiger partial charge on any atom is 0.137 e. The lowest BCUT2D eigenvalue weighted by Crippen LogP contribution is -2.41. The number of rotatable bonds is 2. The van der Waals surface area contributed by atoms with Crippen LogP contribution in [-0.4, -0.2) is 30.3 Å². The van der Waals surface area contributed by atoms with Gasteiger partial charge in [-0.15, -0.1) is 0 Å². The first kappa shape index (κ1) is 12.1. The average molecular weight is 223 g/mol. The van der Waals surface area contributed by atoms with E-state index < -0.39 is 0 Å². The molecule has 1 heterocycles. The quantitative estimate of drug-likeness (QED) is 0.717. The van der Waals surface area contributed by atoms with Gasteiger partial charge in [-0.1, -0.05) is 13.8 Å². The van der Waals surface area contributed by atoms with Crippen LogP contribution in [0.15, 0.2) is 0 Å². The van der Waals surface area contributed by atoms with Crippen molar-refractivity contribution in [3.63, 3.8) is 0 Å². The van der Waals surface area contributed by atoms with Gasteiger partial charge in [0.2, 0.25) is 0 Å². The normalized spacial score (nSPS) is 37.6. The first-order chi connectivity index (χ1) is 7.65. The molecule has 92 valence electrons. The third-order valence-corrected chi connectivity index (χ3v) is 4.25. The second kappa shape index (κ2) is 5.31. The Labute approximate surface area is 99.4 Å². The number of carbonyl (C=O) groups is 1. The highest BCUT2D eigenvalue weighted by Crippen LogP contribution is 2.27. The molecule has 0 aromatic rings. The number of likely N-dealkylation sites (tertiary alicyclic amines) is 1. The summed E-state index contributed by atoms with van der Waals surface area (Å²) in [6, 6.07) is 0. The van der Waals surface area contributed by atoms with Crippen molar-refractivity contribution in [3.8, 4) is 0 Å². The molecule has 0 spiro atoms. The number of hydrogen-bond acceptors (Lipinski definition) is 2. The van der Waals surface area contributed by atoms with E-state index in [2.05, 4.69) is 18.7 Å². The predicted octanol–water partition coefficient (Wildman–Crippen LogP) is 2.72. The molecule has 3 atom stereocenters. The first-order valence-corrected chi connectivity index (χ1v) is 6.90. The number of carbonyl (C=O) groups excluding carboxylic acids is 1. The summed E-state index contributed by atoms with van der Waals surface area (Å²) in [5, 5.41) is 0. The molecule has 0 N–H and O–H groups in total. The average Bonchev–Trinajstić information content (AvgIpc) is 2.24. The fourth-order valence-corrected chi connectivity index (χ4v) is 3.27. The van der Waals surface area contributed by atoms with Crippen LogP contribution in [0.3, 0.4) is 0 Å². The van der Waals surface area contributed by atoms with Gasteiger partial charge >= 0.3 is 0 Å². The zero-order valence-corrected chi connectivity index (χ0v) is 10.7. The van der Waals surface area contributed by atoms with Crippen molar-refractivity contribution in [1.29, 1.82) is 0 Å². The Morgan fingerprint density at radius 2 is 2.06 bits per heavy atom. The Hall–Kier alpha value is -0.370. The second-order valence-corrected chi connectivity index (χ2v) is 6.05. The molecular formula is C14H25NO. The molecule has 2 aliphatic rings. The van der Waals surface area contributed by atoms with Gasteiger partial charge in [-0.3, -0.25) is 4.79 Å². The summed E-state index contributed by atoms with van der Waals surface area (Å²) < 4.78 is 0. The van der Waals surface area contributed by atoms with Crippen LogP contribution in [0.2, 0.25) is 0 Å². The predicted molar refractivity (Wildman–Crippen MR) is 66.4 cm³/mol. The zero-order valence-electron chi connectivity index (χ0n) is 10.7. The molecule has 1 saturated carbocycles. The van der Waals surface area contributed by atoms with Crippen molar-refractivity contribution < 1.29 is 4.79 Å². The van der Waals surface area contributed by atoms with Crippen LogP contribution < -0.4 is 0 Å². The van der Waals surface area contributed by atoms with E-state index >= 15 is 0 Å². The summed E-state index contributed by atoms with van der Waals surface area (Å²) in [7, 11) is 0. The Kier molecular flexibility index (Phi) is 4.01. The molecule has 3 unspecified atom stereocenters. The largest absolute Gasteiger partial charge is 0.302 e. The Bertz CT molecular complexity index is 251. The van der Waals surface area contributed by atoms with Gasteiger partial charge < -0.3 is 4.90 Å². The van der Waals surface area contributed by atoms with E-state index in [0.717, 1.165) is 37.6 Å². The van der Waals surface area contributed by atoms with Crippen molar-refractivity contribution in [1.82, 2.24) is 4.90 Å². The monoisotopic (exact) mass is 223 g/mol. The summed E-state index contributed by atoms with van der Waals surface area (Å²) in [4.78, 5) is 14.4. The van der Waals surface area contributed by atoms with Crippen LogP contribution >= 0.6 is 0 Å². The fourth-order valence-electron chi connectivity index (χ4n) is 3.27. The molecule has 1 aliphatic heterocycles. The van der Waals surface area contributed by atoms with Crippen molar-refractivity contribution in [3.05, 3.63) is 0 Å². The summed E-state index contributed by atoms with van der Waals surface area (Å²) in [6.45, 7) is 8.07. The lowest BCUT2D eigenvalue weighted by atomic mass is 9.81. The van der Waals surface area contributed by atoms with Gasteiger partial charge in [0.15, 0.2) is 0 Å². The Balaban J connectivity index is 1.85. The third-order valence-electron chi connectivity index (χ3n) is 4.25. The zero-order chi connectivity index (χ0) is 11.5.